The molecule has 0 spiro atoms. The Bertz CT molecular complexity index is 935. The highest BCUT2D eigenvalue weighted by Crippen LogP contribution is 2.38. The standard InChI is InChI=1S/C19H16N2O3S/c22-19(12-7-8-15-16(10-12)24-11-23-15)21-9-3-5-14(21)18-20-13-4-1-2-6-17(13)25-18/h1-2,4,6-8,10,14H,3,5,9,11H2/t14-/m1/s1. The van der Waals surface area contributed by atoms with E-state index in [-0.39, 0.29) is 18.7 Å². The van der Waals surface area contributed by atoms with Crippen LogP contribution >= 0.6 is 11.3 Å². The molecule has 0 unspecified atom stereocenters. The van der Waals surface area contributed by atoms with E-state index in [9.17, 15) is 4.79 Å². The maximum atomic E-state index is 13.1. The Hall–Kier alpha value is -2.60. The molecule has 1 aromatic heterocycles. The molecule has 1 atom stereocenters. The van der Waals surface area contributed by atoms with E-state index in [2.05, 4.69) is 6.07 Å². The molecule has 1 amide bonds. The molecule has 6 heteroatoms. The summed E-state index contributed by atoms with van der Waals surface area (Å²) in [6.45, 7) is 0.971. The van der Waals surface area contributed by atoms with Crippen molar-refractivity contribution in [3.05, 3.63) is 53.0 Å². The van der Waals surface area contributed by atoms with Crippen LogP contribution in [-0.4, -0.2) is 29.1 Å². The molecule has 0 N–H and O–H groups in total. The van der Waals surface area contributed by atoms with Crippen molar-refractivity contribution in [2.24, 2.45) is 0 Å². The van der Waals surface area contributed by atoms with Crippen molar-refractivity contribution in [3.63, 3.8) is 0 Å². The van der Waals surface area contributed by atoms with Gasteiger partial charge in [-0.1, -0.05) is 12.1 Å². The minimum absolute atomic E-state index is 0.0278. The molecule has 2 aliphatic heterocycles. The minimum Gasteiger partial charge on any atom is -0.454 e. The van der Waals surface area contributed by atoms with Gasteiger partial charge in [0.2, 0.25) is 6.79 Å². The summed E-state index contributed by atoms with van der Waals surface area (Å²) in [5, 5.41) is 1.02. The first kappa shape index (κ1) is 14.7. The number of hydrogen-bond donors (Lipinski definition) is 0. The number of rotatable bonds is 2. The van der Waals surface area contributed by atoms with Crippen LogP contribution in [0.5, 0.6) is 11.5 Å². The van der Waals surface area contributed by atoms with Crippen molar-refractivity contribution in [1.29, 1.82) is 0 Å². The first-order valence-electron chi connectivity index (χ1n) is 8.36. The number of ether oxygens (including phenoxy) is 2. The molecular formula is C19H16N2O3S. The minimum atomic E-state index is 0.0278. The fourth-order valence-corrected chi connectivity index (χ4v) is 4.61. The van der Waals surface area contributed by atoms with Gasteiger partial charge < -0.3 is 14.4 Å². The second-order valence-electron chi connectivity index (χ2n) is 6.24. The number of thiazole rings is 1. The fraction of sp³-hybridized carbons (Fsp3) is 0.263. The van der Waals surface area contributed by atoms with Gasteiger partial charge >= 0.3 is 0 Å². The highest BCUT2D eigenvalue weighted by Gasteiger charge is 2.33. The zero-order valence-electron chi connectivity index (χ0n) is 13.5. The average molecular weight is 352 g/mol. The predicted octanol–water partition coefficient (Wildman–Crippen LogP) is 4.00. The monoisotopic (exact) mass is 352 g/mol. The van der Waals surface area contributed by atoms with Crippen LogP contribution in [0, 0.1) is 0 Å². The molecule has 2 aromatic carbocycles. The van der Waals surface area contributed by atoms with E-state index in [1.54, 1.807) is 23.5 Å². The van der Waals surface area contributed by atoms with Gasteiger partial charge in [-0.25, -0.2) is 4.98 Å². The number of para-hydroxylation sites is 1. The molecule has 0 aliphatic carbocycles. The van der Waals surface area contributed by atoms with Crippen LogP contribution in [0.25, 0.3) is 10.2 Å². The summed E-state index contributed by atoms with van der Waals surface area (Å²) in [6, 6.07) is 13.6. The molecule has 2 aliphatic rings. The van der Waals surface area contributed by atoms with Gasteiger partial charge in [0, 0.05) is 12.1 Å². The van der Waals surface area contributed by atoms with E-state index in [0.717, 1.165) is 29.9 Å². The third-order valence-electron chi connectivity index (χ3n) is 4.73. The lowest BCUT2D eigenvalue weighted by atomic mass is 10.1. The van der Waals surface area contributed by atoms with E-state index < -0.39 is 0 Å². The van der Waals surface area contributed by atoms with Gasteiger partial charge in [-0.3, -0.25) is 4.79 Å². The highest BCUT2D eigenvalue weighted by molar-refractivity contribution is 7.18. The zero-order valence-corrected chi connectivity index (χ0v) is 14.3. The van der Waals surface area contributed by atoms with Crippen molar-refractivity contribution < 1.29 is 14.3 Å². The number of amides is 1. The van der Waals surface area contributed by atoms with Gasteiger partial charge in [0.05, 0.1) is 16.3 Å². The van der Waals surface area contributed by atoms with Crippen molar-refractivity contribution >= 4 is 27.5 Å². The van der Waals surface area contributed by atoms with Crippen LogP contribution < -0.4 is 9.47 Å². The van der Waals surface area contributed by atoms with E-state index in [1.807, 2.05) is 29.2 Å². The smallest absolute Gasteiger partial charge is 0.254 e. The van der Waals surface area contributed by atoms with Crippen LogP contribution in [0.15, 0.2) is 42.5 Å². The maximum Gasteiger partial charge on any atom is 0.254 e. The lowest BCUT2D eigenvalue weighted by Gasteiger charge is -2.23. The summed E-state index contributed by atoms with van der Waals surface area (Å²) in [7, 11) is 0. The summed E-state index contributed by atoms with van der Waals surface area (Å²) >= 11 is 1.68. The molecule has 1 saturated heterocycles. The van der Waals surface area contributed by atoms with Gasteiger partial charge in [-0.05, 0) is 43.2 Å². The lowest BCUT2D eigenvalue weighted by Crippen LogP contribution is -2.30. The number of fused-ring (bicyclic) bond motifs is 2. The van der Waals surface area contributed by atoms with Crippen molar-refractivity contribution in [2.45, 2.75) is 18.9 Å². The third-order valence-corrected chi connectivity index (χ3v) is 5.87. The normalized spacial score (nSPS) is 18.9. The van der Waals surface area contributed by atoms with Gasteiger partial charge in [0.1, 0.15) is 5.01 Å². The van der Waals surface area contributed by atoms with E-state index in [4.69, 9.17) is 14.5 Å². The molecule has 5 nitrogen and oxygen atoms in total. The Kier molecular flexibility index (Phi) is 3.38. The van der Waals surface area contributed by atoms with Crippen LogP contribution in [-0.2, 0) is 0 Å². The molecule has 3 aromatic rings. The Balaban J connectivity index is 1.47. The number of benzene rings is 2. The van der Waals surface area contributed by atoms with Crippen LogP contribution in [0.1, 0.15) is 34.2 Å². The summed E-state index contributed by atoms with van der Waals surface area (Å²) in [4.78, 5) is 19.8. The fourth-order valence-electron chi connectivity index (χ4n) is 3.49. The van der Waals surface area contributed by atoms with Gasteiger partial charge in [-0.2, -0.15) is 0 Å². The van der Waals surface area contributed by atoms with E-state index >= 15 is 0 Å². The average Bonchev–Trinajstić information content (AvgIpc) is 3.37. The second-order valence-corrected chi connectivity index (χ2v) is 7.31. The molecule has 5 rings (SSSR count). The molecule has 25 heavy (non-hydrogen) atoms. The number of carbonyl (C=O) groups is 1. The molecule has 0 saturated carbocycles. The number of hydrogen-bond acceptors (Lipinski definition) is 5. The molecule has 3 heterocycles. The third kappa shape index (κ3) is 2.44. The Morgan fingerprint density at radius 2 is 2.04 bits per heavy atom. The SMILES string of the molecule is O=C(c1ccc2c(c1)OCO2)N1CCC[C@@H]1c1nc2ccccc2s1. The topological polar surface area (TPSA) is 51.7 Å². The summed E-state index contributed by atoms with van der Waals surface area (Å²) in [5.74, 6) is 1.36. The first-order chi connectivity index (χ1) is 12.3. The predicted molar refractivity (Wildman–Crippen MR) is 95.2 cm³/mol. The summed E-state index contributed by atoms with van der Waals surface area (Å²) in [6.07, 6.45) is 1.95. The first-order valence-corrected chi connectivity index (χ1v) is 9.17. The number of carbonyl (C=O) groups excluding carboxylic acids is 1. The van der Waals surface area contributed by atoms with Crippen LogP contribution in [0.2, 0.25) is 0 Å². The second kappa shape index (κ2) is 5.74. The van der Waals surface area contributed by atoms with E-state index in [1.165, 1.54) is 4.70 Å². The lowest BCUT2D eigenvalue weighted by molar-refractivity contribution is 0.0735. The number of nitrogens with zero attached hydrogens (tertiary/aromatic N) is 2. The largest absolute Gasteiger partial charge is 0.454 e. The molecule has 1 fully saturated rings. The van der Waals surface area contributed by atoms with Crippen molar-refractivity contribution in [1.82, 2.24) is 9.88 Å². The van der Waals surface area contributed by atoms with Crippen LogP contribution in [0.4, 0.5) is 0 Å². The van der Waals surface area contributed by atoms with Gasteiger partial charge in [0.25, 0.3) is 5.91 Å². The van der Waals surface area contributed by atoms with Gasteiger partial charge in [-0.15, -0.1) is 11.3 Å². The number of likely N-dealkylation sites (tertiary alicyclic amines) is 1. The summed E-state index contributed by atoms with van der Waals surface area (Å²) < 4.78 is 11.9. The highest BCUT2D eigenvalue weighted by atomic mass is 32.1. The molecular weight excluding hydrogens is 336 g/mol. The Morgan fingerprint density at radius 3 is 2.96 bits per heavy atom. The van der Waals surface area contributed by atoms with Crippen molar-refractivity contribution in [3.8, 4) is 11.5 Å². The van der Waals surface area contributed by atoms with Crippen molar-refractivity contribution in [2.75, 3.05) is 13.3 Å². The summed E-state index contributed by atoms with van der Waals surface area (Å²) in [5.41, 5.74) is 1.64. The zero-order chi connectivity index (χ0) is 16.8. The molecule has 126 valence electrons. The molecule has 0 radical (unpaired) electrons. The molecule has 0 bridgehead atoms. The van der Waals surface area contributed by atoms with Gasteiger partial charge in [0.15, 0.2) is 11.5 Å². The Labute approximate surface area is 148 Å². The Morgan fingerprint density at radius 1 is 1.16 bits per heavy atom. The van der Waals surface area contributed by atoms with Crippen LogP contribution in [0.3, 0.4) is 0 Å². The van der Waals surface area contributed by atoms with E-state index in [0.29, 0.717) is 17.1 Å². The quantitative estimate of drug-likeness (QED) is 0.699. The number of aromatic nitrogens is 1. The maximum absolute atomic E-state index is 13.1.